The SMILES string of the molecule is Cc1cc(=O)n(C(CCC(C)C)C(N)=O)cc1CCN(C)C. The first-order chi connectivity index (χ1) is 10.2. The van der Waals surface area contributed by atoms with Gasteiger partial charge in [0.25, 0.3) is 5.56 Å². The molecule has 1 heterocycles. The highest BCUT2D eigenvalue weighted by Crippen LogP contribution is 2.17. The van der Waals surface area contributed by atoms with E-state index in [2.05, 4.69) is 18.7 Å². The van der Waals surface area contributed by atoms with E-state index in [0.717, 1.165) is 30.5 Å². The van der Waals surface area contributed by atoms with Crippen molar-refractivity contribution >= 4 is 5.91 Å². The third-order valence-electron chi connectivity index (χ3n) is 3.91. The van der Waals surface area contributed by atoms with Gasteiger partial charge in [-0.2, -0.15) is 0 Å². The summed E-state index contributed by atoms with van der Waals surface area (Å²) in [6.07, 6.45) is 4.12. The average Bonchev–Trinajstić information content (AvgIpc) is 2.38. The number of primary amides is 1. The lowest BCUT2D eigenvalue weighted by atomic mass is 10.0. The summed E-state index contributed by atoms with van der Waals surface area (Å²) in [7, 11) is 4.03. The van der Waals surface area contributed by atoms with Crippen molar-refractivity contribution in [3.05, 3.63) is 33.7 Å². The Labute approximate surface area is 133 Å². The zero-order valence-corrected chi connectivity index (χ0v) is 14.4. The molecule has 0 aliphatic heterocycles. The van der Waals surface area contributed by atoms with Crippen molar-refractivity contribution in [2.45, 2.75) is 46.1 Å². The van der Waals surface area contributed by atoms with Crippen LogP contribution in [0.25, 0.3) is 0 Å². The Morgan fingerprint density at radius 2 is 1.95 bits per heavy atom. The Bertz CT molecular complexity index is 562. The Kier molecular flexibility index (Phi) is 6.81. The molecule has 124 valence electrons. The summed E-state index contributed by atoms with van der Waals surface area (Å²) in [4.78, 5) is 26.1. The number of carbonyl (C=O) groups is 1. The second-order valence-corrected chi connectivity index (χ2v) is 6.67. The van der Waals surface area contributed by atoms with E-state index in [1.807, 2.05) is 27.2 Å². The number of pyridine rings is 1. The number of hydrogen-bond donors (Lipinski definition) is 1. The first-order valence-corrected chi connectivity index (χ1v) is 7.88. The van der Waals surface area contributed by atoms with Crippen molar-refractivity contribution in [1.29, 1.82) is 0 Å². The number of amides is 1. The van der Waals surface area contributed by atoms with E-state index in [1.54, 1.807) is 6.07 Å². The van der Waals surface area contributed by atoms with Gasteiger partial charge in [-0.1, -0.05) is 13.8 Å². The zero-order valence-electron chi connectivity index (χ0n) is 14.4. The van der Waals surface area contributed by atoms with Crippen molar-refractivity contribution in [2.75, 3.05) is 20.6 Å². The summed E-state index contributed by atoms with van der Waals surface area (Å²) in [6, 6.07) is 1.05. The summed E-state index contributed by atoms with van der Waals surface area (Å²) in [5, 5.41) is 0. The molecular formula is C17H29N3O2. The number of rotatable bonds is 8. The predicted octanol–water partition coefficient (Wildman–Crippen LogP) is 1.72. The molecule has 0 spiro atoms. The van der Waals surface area contributed by atoms with Gasteiger partial charge in [-0.15, -0.1) is 0 Å². The molecule has 0 aliphatic rings. The van der Waals surface area contributed by atoms with E-state index in [9.17, 15) is 9.59 Å². The second kappa shape index (κ2) is 8.13. The molecule has 1 atom stereocenters. The first-order valence-electron chi connectivity index (χ1n) is 7.88. The number of nitrogens with zero attached hydrogens (tertiary/aromatic N) is 2. The average molecular weight is 307 g/mol. The normalized spacial score (nSPS) is 12.9. The van der Waals surface area contributed by atoms with Gasteiger partial charge in [-0.05, 0) is 57.3 Å². The van der Waals surface area contributed by atoms with E-state index in [4.69, 9.17) is 5.73 Å². The standard InChI is InChI=1S/C17H29N3O2/c1-12(2)6-7-15(17(18)22)20-11-14(8-9-19(4)5)13(3)10-16(20)21/h10-12,15H,6-9H2,1-5H3,(H2,18,22). The van der Waals surface area contributed by atoms with Gasteiger partial charge in [0.2, 0.25) is 5.91 Å². The fourth-order valence-electron chi connectivity index (χ4n) is 2.44. The highest BCUT2D eigenvalue weighted by atomic mass is 16.2. The molecule has 0 aliphatic carbocycles. The molecule has 1 aromatic rings. The van der Waals surface area contributed by atoms with Crippen LogP contribution in [0.5, 0.6) is 0 Å². The molecule has 0 aromatic carbocycles. The van der Waals surface area contributed by atoms with E-state index in [1.165, 1.54) is 4.57 Å². The second-order valence-electron chi connectivity index (χ2n) is 6.67. The number of aryl methyl sites for hydroxylation is 1. The van der Waals surface area contributed by atoms with Crippen LogP contribution in [0.3, 0.4) is 0 Å². The van der Waals surface area contributed by atoms with Crippen LogP contribution in [-0.4, -0.2) is 36.0 Å². The van der Waals surface area contributed by atoms with Crippen molar-refractivity contribution in [3.63, 3.8) is 0 Å². The predicted molar refractivity (Wildman–Crippen MR) is 90.0 cm³/mol. The van der Waals surface area contributed by atoms with Crippen molar-refractivity contribution in [1.82, 2.24) is 9.47 Å². The minimum absolute atomic E-state index is 0.154. The molecule has 1 rings (SSSR count). The van der Waals surface area contributed by atoms with Gasteiger partial charge >= 0.3 is 0 Å². The lowest BCUT2D eigenvalue weighted by Gasteiger charge is -2.20. The van der Waals surface area contributed by atoms with Gasteiger partial charge in [0.05, 0.1) is 0 Å². The maximum absolute atomic E-state index is 12.3. The van der Waals surface area contributed by atoms with Gasteiger partial charge in [-0.25, -0.2) is 0 Å². The van der Waals surface area contributed by atoms with Gasteiger partial charge in [0.15, 0.2) is 0 Å². The minimum Gasteiger partial charge on any atom is -0.368 e. The van der Waals surface area contributed by atoms with Gasteiger partial charge < -0.3 is 15.2 Å². The Balaban J connectivity index is 3.11. The summed E-state index contributed by atoms with van der Waals surface area (Å²) in [5.74, 6) is 0.0291. The maximum Gasteiger partial charge on any atom is 0.251 e. The van der Waals surface area contributed by atoms with Crippen LogP contribution in [0.1, 0.15) is 43.9 Å². The molecule has 1 amide bonds. The summed E-state index contributed by atoms with van der Waals surface area (Å²) in [6.45, 7) is 7.02. The van der Waals surface area contributed by atoms with Crippen LogP contribution in [0.4, 0.5) is 0 Å². The molecule has 22 heavy (non-hydrogen) atoms. The van der Waals surface area contributed by atoms with Gasteiger partial charge in [0.1, 0.15) is 6.04 Å². The van der Waals surface area contributed by atoms with Crippen LogP contribution in [0.15, 0.2) is 17.1 Å². The molecule has 2 N–H and O–H groups in total. The molecule has 1 unspecified atom stereocenters. The molecule has 0 bridgehead atoms. The molecule has 0 fully saturated rings. The van der Waals surface area contributed by atoms with Crippen LogP contribution in [-0.2, 0) is 11.2 Å². The molecular weight excluding hydrogens is 278 g/mol. The largest absolute Gasteiger partial charge is 0.368 e. The van der Waals surface area contributed by atoms with Crippen molar-refractivity contribution in [2.24, 2.45) is 11.7 Å². The number of carbonyl (C=O) groups excluding carboxylic acids is 1. The summed E-state index contributed by atoms with van der Waals surface area (Å²) in [5.41, 5.74) is 7.43. The molecule has 0 saturated carbocycles. The fourth-order valence-corrected chi connectivity index (χ4v) is 2.44. The van der Waals surface area contributed by atoms with Crippen molar-refractivity contribution in [3.8, 4) is 0 Å². The smallest absolute Gasteiger partial charge is 0.251 e. The fraction of sp³-hybridized carbons (Fsp3) is 0.647. The lowest BCUT2D eigenvalue weighted by molar-refractivity contribution is -0.121. The molecule has 0 saturated heterocycles. The van der Waals surface area contributed by atoms with E-state index in [-0.39, 0.29) is 5.56 Å². The third-order valence-corrected chi connectivity index (χ3v) is 3.91. The molecule has 0 radical (unpaired) electrons. The monoisotopic (exact) mass is 307 g/mol. The lowest BCUT2D eigenvalue weighted by Crippen LogP contribution is -2.34. The Morgan fingerprint density at radius 3 is 2.45 bits per heavy atom. The van der Waals surface area contributed by atoms with E-state index < -0.39 is 11.9 Å². The quantitative estimate of drug-likeness (QED) is 0.795. The third kappa shape index (κ3) is 5.30. The number of aromatic nitrogens is 1. The number of nitrogens with two attached hydrogens (primary N) is 1. The number of hydrogen-bond acceptors (Lipinski definition) is 3. The summed E-state index contributed by atoms with van der Waals surface area (Å²) < 4.78 is 1.52. The molecule has 5 heteroatoms. The van der Waals surface area contributed by atoms with E-state index in [0.29, 0.717) is 12.3 Å². The Morgan fingerprint density at radius 1 is 1.32 bits per heavy atom. The zero-order chi connectivity index (χ0) is 16.9. The summed E-state index contributed by atoms with van der Waals surface area (Å²) >= 11 is 0. The van der Waals surface area contributed by atoms with Gasteiger partial charge in [-0.3, -0.25) is 9.59 Å². The number of likely N-dealkylation sites (N-methyl/N-ethyl adjacent to an activating group) is 1. The van der Waals surface area contributed by atoms with Gasteiger partial charge in [0, 0.05) is 18.8 Å². The highest BCUT2D eigenvalue weighted by Gasteiger charge is 2.20. The minimum atomic E-state index is -0.561. The molecule has 1 aromatic heterocycles. The van der Waals surface area contributed by atoms with Crippen LogP contribution >= 0.6 is 0 Å². The van der Waals surface area contributed by atoms with Crippen molar-refractivity contribution < 1.29 is 4.79 Å². The maximum atomic E-state index is 12.3. The Hall–Kier alpha value is -1.62. The van der Waals surface area contributed by atoms with Crippen LogP contribution < -0.4 is 11.3 Å². The molecule has 5 nitrogen and oxygen atoms in total. The highest BCUT2D eigenvalue weighted by molar-refractivity contribution is 5.78. The topological polar surface area (TPSA) is 68.3 Å². The van der Waals surface area contributed by atoms with E-state index >= 15 is 0 Å². The van der Waals surface area contributed by atoms with Crippen LogP contribution in [0, 0.1) is 12.8 Å². The van der Waals surface area contributed by atoms with Crippen LogP contribution in [0.2, 0.25) is 0 Å². The first kappa shape index (κ1) is 18.4.